The average molecular weight is 161 g/mol. The van der Waals surface area contributed by atoms with Gasteiger partial charge in [0.15, 0.2) is 0 Å². The van der Waals surface area contributed by atoms with Crippen LogP contribution in [0.25, 0.3) is 0 Å². The van der Waals surface area contributed by atoms with Crippen LogP contribution in [0.5, 0.6) is 0 Å². The fourth-order valence-electron chi connectivity index (χ4n) is 0.612. The van der Waals surface area contributed by atoms with Crippen molar-refractivity contribution in [2.24, 2.45) is 4.66 Å². The van der Waals surface area contributed by atoms with Crippen LogP contribution >= 0.6 is 0 Å². The van der Waals surface area contributed by atoms with Gasteiger partial charge >= 0.3 is 8.72 Å². The van der Waals surface area contributed by atoms with Crippen LogP contribution in [0.4, 0.5) is 0 Å². The zero-order chi connectivity index (χ0) is 8.04. The van der Waals surface area contributed by atoms with E-state index in [1.807, 2.05) is 6.92 Å². The fourth-order valence-corrected chi connectivity index (χ4v) is 1.84. The van der Waals surface area contributed by atoms with Gasteiger partial charge in [-0.25, -0.2) is 4.79 Å². The van der Waals surface area contributed by atoms with Crippen molar-refractivity contribution in [1.82, 2.24) is 0 Å². The molecule has 0 unspecified atom stereocenters. The van der Waals surface area contributed by atoms with E-state index in [4.69, 9.17) is 8.85 Å². The summed E-state index contributed by atoms with van der Waals surface area (Å²) in [7, 11) is 0.456. The third-order valence-corrected chi connectivity index (χ3v) is 3.90. The Bertz CT molecular complexity index is 132. The van der Waals surface area contributed by atoms with Gasteiger partial charge in [-0.2, -0.15) is 4.66 Å². The third kappa shape index (κ3) is 2.04. The van der Waals surface area contributed by atoms with Crippen molar-refractivity contribution in [2.75, 3.05) is 14.2 Å². The lowest BCUT2D eigenvalue weighted by Crippen LogP contribution is -2.37. The van der Waals surface area contributed by atoms with Crippen LogP contribution in [0.15, 0.2) is 4.66 Å². The number of hydrogen-bond acceptors (Lipinski definition) is 4. The van der Waals surface area contributed by atoms with Crippen LogP contribution < -0.4 is 0 Å². The van der Waals surface area contributed by atoms with Gasteiger partial charge < -0.3 is 8.85 Å². The smallest absolute Gasteiger partial charge is 0.380 e. The zero-order valence-electron chi connectivity index (χ0n) is 6.38. The largest absolute Gasteiger partial charge is 0.488 e. The Morgan fingerprint density at radius 2 is 2.00 bits per heavy atom. The highest BCUT2D eigenvalue weighted by Gasteiger charge is 2.34. The maximum absolute atomic E-state index is 9.88. The van der Waals surface area contributed by atoms with E-state index < -0.39 is 8.72 Å². The Hall–Kier alpha value is -0.483. The van der Waals surface area contributed by atoms with Crippen molar-refractivity contribution in [2.45, 2.75) is 13.0 Å². The van der Waals surface area contributed by atoms with E-state index in [9.17, 15) is 4.79 Å². The first kappa shape index (κ1) is 9.52. The number of isocyanates is 1. The normalized spacial score (nSPS) is 10.7. The molecule has 0 atom stereocenters. The van der Waals surface area contributed by atoms with Gasteiger partial charge in [0.1, 0.15) is 0 Å². The molecule has 0 spiro atoms. The predicted octanol–water partition coefficient (Wildman–Crippen LogP) is 0.574. The lowest BCUT2D eigenvalue weighted by atomic mass is 11.0. The van der Waals surface area contributed by atoms with E-state index in [2.05, 4.69) is 4.66 Å². The molecule has 4 nitrogen and oxygen atoms in total. The monoisotopic (exact) mass is 161 g/mol. The minimum Gasteiger partial charge on any atom is -0.380 e. The second kappa shape index (κ2) is 4.35. The second-order valence-electron chi connectivity index (χ2n) is 1.68. The highest BCUT2D eigenvalue weighted by Crippen LogP contribution is 2.10. The highest BCUT2D eigenvalue weighted by molar-refractivity contribution is 6.66. The van der Waals surface area contributed by atoms with Gasteiger partial charge in [-0.1, -0.05) is 6.92 Å². The molecule has 0 aromatic rings. The van der Waals surface area contributed by atoms with Crippen molar-refractivity contribution in [3.05, 3.63) is 0 Å². The molecule has 0 aromatic carbocycles. The Morgan fingerprint density at radius 1 is 1.50 bits per heavy atom. The lowest BCUT2D eigenvalue weighted by molar-refractivity contribution is 0.245. The van der Waals surface area contributed by atoms with Crippen molar-refractivity contribution < 1.29 is 13.6 Å². The molecule has 0 bridgehead atoms. The van der Waals surface area contributed by atoms with Crippen LogP contribution in [0, 0.1) is 0 Å². The maximum Gasteiger partial charge on any atom is 0.488 e. The van der Waals surface area contributed by atoms with Gasteiger partial charge in [-0.05, 0) is 0 Å². The van der Waals surface area contributed by atoms with Gasteiger partial charge in [-0.15, -0.1) is 0 Å². The number of rotatable bonds is 4. The third-order valence-electron chi connectivity index (χ3n) is 1.30. The molecule has 0 aliphatic carbocycles. The first-order valence-electron chi connectivity index (χ1n) is 2.94. The standard InChI is InChI=1S/C5H11NO3Si/c1-4-10(8-2,9-3)6-5-7/h4H2,1-3H3. The Balaban J connectivity index is 4.29. The predicted molar refractivity (Wildman–Crippen MR) is 38.4 cm³/mol. The van der Waals surface area contributed by atoms with Crippen molar-refractivity contribution >= 4 is 14.8 Å². The molecular weight excluding hydrogens is 150 g/mol. The van der Waals surface area contributed by atoms with Gasteiger partial charge in [0, 0.05) is 20.3 Å². The summed E-state index contributed by atoms with van der Waals surface area (Å²) in [6.07, 6.45) is 1.45. The second-order valence-corrected chi connectivity index (χ2v) is 4.85. The van der Waals surface area contributed by atoms with E-state index >= 15 is 0 Å². The molecule has 5 heteroatoms. The topological polar surface area (TPSA) is 47.9 Å². The Morgan fingerprint density at radius 3 is 2.10 bits per heavy atom. The van der Waals surface area contributed by atoms with Gasteiger partial charge in [0.05, 0.1) is 0 Å². The molecule has 0 aliphatic heterocycles. The van der Waals surface area contributed by atoms with E-state index in [-0.39, 0.29) is 0 Å². The first-order valence-corrected chi connectivity index (χ1v) is 4.91. The first-order chi connectivity index (χ1) is 4.74. The van der Waals surface area contributed by atoms with Crippen LogP contribution in [-0.2, 0) is 13.6 Å². The summed E-state index contributed by atoms with van der Waals surface area (Å²) in [5.74, 6) is 0. The van der Waals surface area contributed by atoms with Crippen molar-refractivity contribution in [1.29, 1.82) is 0 Å². The summed E-state index contributed by atoms with van der Waals surface area (Å²) < 4.78 is 13.4. The summed E-state index contributed by atoms with van der Waals surface area (Å²) in [5, 5.41) is 0. The van der Waals surface area contributed by atoms with Gasteiger partial charge in [0.25, 0.3) is 0 Å². The zero-order valence-corrected chi connectivity index (χ0v) is 7.38. The Labute approximate surface area is 61.2 Å². The number of nitrogens with zero attached hydrogens (tertiary/aromatic N) is 1. The molecule has 0 aliphatic rings. The van der Waals surface area contributed by atoms with E-state index in [0.717, 1.165) is 0 Å². The molecule has 0 N–H and O–H groups in total. The minimum atomic E-state index is -2.52. The SMILES string of the molecule is CC[Si](N=C=O)(OC)OC. The van der Waals surface area contributed by atoms with Crippen LogP contribution in [0.1, 0.15) is 6.92 Å². The average Bonchev–Trinajstić information content (AvgIpc) is 2.01. The molecule has 0 saturated carbocycles. The van der Waals surface area contributed by atoms with Gasteiger partial charge in [-0.3, -0.25) is 0 Å². The quantitative estimate of drug-likeness (QED) is 0.344. The molecule has 0 rings (SSSR count). The molecular formula is C5H11NO3Si. The molecule has 58 valence electrons. The lowest BCUT2D eigenvalue weighted by Gasteiger charge is -2.17. The molecule has 0 fully saturated rings. The van der Waals surface area contributed by atoms with E-state index in [0.29, 0.717) is 6.04 Å². The van der Waals surface area contributed by atoms with Crippen LogP contribution in [-0.4, -0.2) is 29.0 Å². The summed E-state index contributed by atoms with van der Waals surface area (Å²) >= 11 is 0. The van der Waals surface area contributed by atoms with Crippen molar-refractivity contribution in [3.8, 4) is 0 Å². The fraction of sp³-hybridized carbons (Fsp3) is 0.800. The molecule has 10 heavy (non-hydrogen) atoms. The van der Waals surface area contributed by atoms with Gasteiger partial charge in [0.2, 0.25) is 6.08 Å². The Kier molecular flexibility index (Phi) is 4.14. The summed E-state index contributed by atoms with van der Waals surface area (Å²) in [4.78, 5) is 9.88. The molecule has 0 radical (unpaired) electrons. The van der Waals surface area contributed by atoms with E-state index in [1.54, 1.807) is 0 Å². The van der Waals surface area contributed by atoms with Crippen LogP contribution in [0.3, 0.4) is 0 Å². The van der Waals surface area contributed by atoms with E-state index in [1.165, 1.54) is 20.3 Å². The molecule has 0 amide bonds. The summed E-state index contributed by atoms with van der Waals surface area (Å²) in [6, 6.07) is 0.620. The number of hydrogen-bond donors (Lipinski definition) is 0. The minimum absolute atomic E-state index is 0.620. The molecule has 0 saturated heterocycles. The van der Waals surface area contributed by atoms with Crippen LogP contribution in [0.2, 0.25) is 6.04 Å². The molecule has 0 aromatic heterocycles. The number of carbonyl (C=O) groups excluding carboxylic acids is 1. The maximum atomic E-state index is 9.88. The summed E-state index contributed by atoms with van der Waals surface area (Å²) in [5.41, 5.74) is 0. The van der Waals surface area contributed by atoms with Crippen molar-refractivity contribution in [3.63, 3.8) is 0 Å². The molecule has 0 heterocycles. The highest BCUT2D eigenvalue weighted by atomic mass is 28.4. The summed E-state index contributed by atoms with van der Waals surface area (Å²) in [6.45, 7) is 1.86.